The third-order valence-electron chi connectivity index (χ3n) is 5.44. The fourth-order valence-electron chi connectivity index (χ4n) is 3.61. The highest BCUT2D eigenvalue weighted by Gasteiger charge is 2.24. The summed E-state index contributed by atoms with van der Waals surface area (Å²) in [6, 6.07) is 22.7. The summed E-state index contributed by atoms with van der Waals surface area (Å²) in [7, 11) is 1.64. The molecule has 4 heteroatoms. The second kappa shape index (κ2) is 10.2. The van der Waals surface area contributed by atoms with Crippen LogP contribution < -0.4 is 10.6 Å². The van der Waals surface area contributed by atoms with Crippen LogP contribution in [0.3, 0.4) is 0 Å². The molecule has 0 saturated heterocycles. The molecule has 3 rings (SSSR count). The highest BCUT2D eigenvalue weighted by atomic mass is 19.1. The molecule has 1 amide bonds. The van der Waals surface area contributed by atoms with Gasteiger partial charge in [-0.05, 0) is 55.0 Å². The number of nitrogens with one attached hydrogen (secondary N) is 2. The van der Waals surface area contributed by atoms with Gasteiger partial charge in [-0.1, -0.05) is 72.3 Å². The molecule has 0 aliphatic heterocycles. The Morgan fingerprint density at radius 3 is 2.27 bits per heavy atom. The van der Waals surface area contributed by atoms with E-state index < -0.39 is 6.04 Å². The van der Waals surface area contributed by atoms with Crippen LogP contribution in [-0.4, -0.2) is 13.0 Å². The van der Waals surface area contributed by atoms with Gasteiger partial charge in [-0.25, -0.2) is 4.39 Å². The first-order chi connectivity index (χ1) is 14.5. The molecule has 0 aliphatic rings. The van der Waals surface area contributed by atoms with Crippen molar-refractivity contribution >= 4 is 5.91 Å². The lowest BCUT2D eigenvalue weighted by Crippen LogP contribution is -2.38. The number of hydrogen-bond donors (Lipinski definition) is 2. The van der Waals surface area contributed by atoms with Gasteiger partial charge in [0.25, 0.3) is 0 Å². The molecule has 0 aromatic heterocycles. The first kappa shape index (κ1) is 21.7. The van der Waals surface area contributed by atoms with Gasteiger partial charge in [0.1, 0.15) is 11.9 Å². The Kier molecular flexibility index (Phi) is 7.36. The van der Waals surface area contributed by atoms with Crippen molar-refractivity contribution in [2.75, 3.05) is 7.05 Å². The van der Waals surface area contributed by atoms with Crippen LogP contribution in [-0.2, 0) is 11.2 Å². The first-order valence-corrected chi connectivity index (χ1v) is 10.3. The van der Waals surface area contributed by atoms with Gasteiger partial charge in [0.05, 0.1) is 0 Å². The summed E-state index contributed by atoms with van der Waals surface area (Å²) < 4.78 is 13.9. The lowest BCUT2D eigenvalue weighted by atomic mass is 9.95. The lowest BCUT2D eigenvalue weighted by Gasteiger charge is -2.26. The summed E-state index contributed by atoms with van der Waals surface area (Å²) in [5.41, 5.74) is 4.95. The van der Waals surface area contributed by atoms with E-state index in [-0.39, 0.29) is 17.8 Å². The van der Waals surface area contributed by atoms with Crippen molar-refractivity contribution in [2.24, 2.45) is 0 Å². The van der Waals surface area contributed by atoms with E-state index >= 15 is 0 Å². The molecule has 3 nitrogen and oxygen atoms in total. The van der Waals surface area contributed by atoms with Crippen molar-refractivity contribution in [3.63, 3.8) is 0 Å². The van der Waals surface area contributed by atoms with E-state index in [1.165, 1.54) is 17.2 Å². The lowest BCUT2D eigenvalue weighted by molar-refractivity contribution is -0.123. The van der Waals surface area contributed by atoms with Crippen molar-refractivity contribution < 1.29 is 9.18 Å². The smallest absolute Gasteiger partial charge is 0.241 e. The van der Waals surface area contributed by atoms with Crippen LogP contribution in [0.4, 0.5) is 4.39 Å². The number of rotatable bonds is 8. The van der Waals surface area contributed by atoms with Gasteiger partial charge in [0, 0.05) is 13.1 Å². The third-order valence-corrected chi connectivity index (χ3v) is 5.44. The van der Waals surface area contributed by atoms with Crippen LogP contribution >= 0.6 is 0 Å². The molecule has 0 spiro atoms. The largest absolute Gasteiger partial charge is 0.358 e. The molecular weight excluding hydrogens is 375 g/mol. The number of hydrogen-bond acceptors (Lipinski definition) is 2. The summed E-state index contributed by atoms with van der Waals surface area (Å²) >= 11 is 0. The second-order valence-corrected chi connectivity index (χ2v) is 7.71. The number of carbonyl (C=O) groups excluding carboxylic acids is 1. The zero-order chi connectivity index (χ0) is 21.5. The van der Waals surface area contributed by atoms with Gasteiger partial charge in [-0.3, -0.25) is 10.1 Å². The summed E-state index contributed by atoms with van der Waals surface area (Å²) in [5.74, 6) is -0.317. The monoisotopic (exact) mass is 404 g/mol. The number of aryl methyl sites for hydroxylation is 3. The summed E-state index contributed by atoms with van der Waals surface area (Å²) in [4.78, 5) is 12.7. The molecule has 0 bridgehead atoms. The standard InChI is InChI=1S/C26H29FN2O/c1-18-9-11-20(12-10-18)13-16-24(22-14-15-23(27)19(2)17-22)29-25(26(30)28-3)21-7-5-4-6-8-21/h4-12,14-15,17,24-25,29H,13,16H2,1-3H3,(H,28,30)/t24-,25+/m1/s1. The topological polar surface area (TPSA) is 41.1 Å². The Morgan fingerprint density at radius 2 is 1.63 bits per heavy atom. The molecule has 0 saturated carbocycles. The van der Waals surface area contributed by atoms with E-state index in [0.29, 0.717) is 5.56 Å². The SMILES string of the molecule is CNC(=O)[C@@H](N[C@H](CCc1ccc(C)cc1)c1ccc(F)c(C)c1)c1ccccc1. The highest BCUT2D eigenvalue weighted by molar-refractivity contribution is 5.83. The molecular formula is C26H29FN2O. The maximum absolute atomic E-state index is 13.9. The molecule has 0 radical (unpaired) electrons. The zero-order valence-electron chi connectivity index (χ0n) is 17.8. The van der Waals surface area contributed by atoms with E-state index in [1.807, 2.05) is 36.4 Å². The Morgan fingerprint density at radius 1 is 0.933 bits per heavy atom. The summed E-state index contributed by atoms with van der Waals surface area (Å²) in [6.45, 7) is 3.84. The van der Waals surface area contributed by atoms with Gasteiger partial charge in [0.15, 0.2) is 0 Å². The van der Waals surface area contributed by atoms with Gasteiger partial charge < -0.3 is 5.32 Å². The minimum atomic E-state index is -0.496. The maximum atomic E-state index is 13.9. The zero-order valence-corrected chi connectivity index (χ0v) is 17.8. The Hall–Kier alpha value is -2.98. The Balaban J connectivity index is 1.89. The molecule has 0 heterocycles. The average Bonchev–Trinajstić information content (AvgIpc) is 2.77. The minimum absolute atomic E-state index is 0.0969. The van der Waals surface area contributed by atoms with E-state index in [1.54, 1.807) is 20.0 Å². The number of halogens is 1. The molecule has 2 N–H and O–H groups in total. The van der Waals surface area contributed by atoms with Gasteiger partial charge in [0.2, 0.25) is 5.91 Å². The molecule has 0 unspecified atom stereocenters. The maximum Gasteiger partial charge on any atom is 0.241 e. The van der Waals surface area contributed by atoms with E-state index in [0.717, 1.165) is 24.0 Å². The van der Waals surface area contributed by atoms with Crippen LogP contribution in [0.1, 0.15) is 46.3 Å². The van der Waals surface area contributed by atoms with E-state index in [4.69, 9.17) is 0 Å². The minimum Gasteiger partial charge on any atom is -0.358 e. The fraction of sp³-hybridized carbons (Fsp3) is 0.269. The normalized spacial score (nSPS) is 12.9. The quantitative estimate of drug-likeness (QED) is 0.542. The van der Waals surface area contributed by atoms with Crippen molar-refractivity contribution in [2.45, 2.75) is 38.8 Å². The van der Waals surface area contributed by atoms with Gasteiger partial charge in [-0.2, -0.15) is 0 Å². The molecule has 3 aromatic rings. The van der Waals surface area contributed by atoms with Crippen LogP contribution in [0, 0.1) is 19.7 Å². The summed E-state index contributed by atoms with van der Waals surface area (Å²) in [6.07, 6.45) is 1.64. The van der Waals surface area contributed by atoms with Gasteiger partial charge in [-0.15, -0.1) is 0 Å². The van der Waals surface area contributed by atoms with Crippen LogP contribution in [0.15, 0.2) is 72.8 Å². The third kappa shape index (κ3) is 5.55. The Labute approximate surface area is 178 Å². The average molecular weight is 405 g/mol. The van der Waals surface area contributed by atoms with Crippen molar-refractivity contribution in [1.29, 1.82) is 0 Å². The van der Waals surface area contributed by atoms with Gasteiger partial charge >= 0.3 is 0 Å². The highest BCUT2D eigenvalue weighted by Crippen LogP contribution is 2.26. The van der Waals surface area contributed by atoms with Crippen molar-refractivity contribution in [3.05, 3.63) is 106 Å². The molecule has 2 atom stereocenters. The number of likely N-dealkylation sites (N-methyl/N-ethyl adjacent to an activating group) is 1. The fourth-order valence-corrected chi connectivity index (χ4v) is 3.61. The first-order valence-electron chi connectivity index (χ1n) is 10.3. The molecule has 30 heavy (non-hydrogen) atoms. The molecule has 0 fully saturated rings. The van der Waals surface area contributed by atoms with Crippen LogP contribution in [0.25, 0.3) is 0 Å². The van der Waals surface area contributed by atoms with Crippen LogP contribution in [0.5, 0.6) is 0 Å². The van der Waals surface area contributed by atoms with Crippen molar-refractivity contribution in [1.82, 2.24) is 10.6 Å². The molecule has 3 aromatic carbocycles. The van der Waals surface area contributed by atoms with Crippen molar-refractivity contribution in [3.8, 4) is 0 Å². The number of amides is 1. The predicted octanol–water partition coefficient (Wildman–Crippen LogP) is 5.19. The van der Waals surface area contributed by atoms with E-state index in [2.05, 4.69) is 41.8 Å². The number of benzene rings is 3. The second-order valence-electron chi connectivity index (χ2n) is 7.71. The van der Waals surface area contributed by atoms with E-state index in [9.17, 15) is 9.18 Å². The predicted molar refractivity (Wildman–Crippen MR) is 120 cm³/mol. The molecule has 156 valence electrons. The molecule has 0 aliphatic carbocycles. The number of carbonyl (C=O) groups is 1. The summed E-state index contributed by atoms with van der Waals surface area (Å²) in [5, 5.41) is 6.29. The Bertz CT molecular complexity index is 970. The van der Waals surface area contributed by atoms with Crippen LogP contribution in [0.2, 0.25) is 0 Å².